The van der Waals surface area contributed by atoms with Crippen molar-refractivity contribution in [1.82, 2.24) is 5.01 Å². The Bertz CT molecular complexity index is 1210. The summed E-state index contributed by atoms with van der Waals surface area (Å²) in [5, 5.41) is 6.32. The van der Waals surface area contributed by atoms with Crippen molar-refractivity contribution < 1.29 is 19.1 Å². The Kier molecular flexibility index (Phi) is 5.19. The van der Waals surface area contributed by atoms with Gasteiger partial charge in [-0.1, -0.05) is 47.5 Å². The Labute approximate surface area is 207 Å². The number of carbonyl (C=O) groups excluding carboxylic acids is 2. The summed E-state index contributed by atoms with van der Waals surface area (Å²) in [7, 11) is 1.52. The second-order valence-corrected chi connectivity index (χ2v) is 10.2. The number of methoxy groups -OCH3 is 1. The molecule has 1 saturated heterocycles. The average Bonchev–Trinajstić information content (AvgIpc) is 3.62. The van der Waals surface area contributed by atoms with Crippen LogP contribution in [0, 0.1) is 35.5 Å². The summed E-state index contributed by atoms with van der Waals surface area (Å²) in [5.74, 6) is 1.34. The maximum Gasteiger partial charge on any atom is 0.254 e. The van der Waals surface area contributed by atoms with Gasteiger partial charge < -0.3 is 9.47 Å². The van der Waals surface area contributed by atoms with Crippen LogP contribution in [0.4, 0.5) is 0 Å². The molecule has 34 heavy (non-hydrogen) atoms. The molecule has 0 radical (unpaired) electrons. The van der Waals surface area contributed by atoms with Crippen molar-refractivity contribution in [3.05, 3.63) is 69.7 Å². The third kappa shape index (κ3) is 3.43. The van der Waals surface area contributed by atoms with Gasteiger partial charge in [-0.15, -0.1) is 0 Å². The first-order valence-electron chi connectivity index (χ1n) is 11.3. The molecule has 2 saturated carbocycles. The molecular formula is C26H22Cl2N2O4. The molecule has 0 aromatic heterocycles. The Morgan fingerprint density at radius 2 is 1.68 bits per heavy atom. The normalized spacial score (nSPS) is 30.6. The van der Waals surface area contributed by atoms with E-state index < -0.39 is 0 Å². The maximum absolute atomic E-state index is 13.1. The third-order valence-corrected chi connectivity index (χ3v) is 8.04. The number of hydrogen-bond donors (Lipinski definition) is 0. The zero-order valence-electron chi connectivity index (χ0n) is 18.4. The fourth-order valence-electron chi connectivity index (χ4n) is 5.87. The van der Waals surface area contributed by atoms with E-state index in [-0.39, 0.29) is 35.5 Å². The number of nitrogens with zero attached hydrogens (tertiary/aromatic N) is 2. The molecule has 6 atom stereocenters. The van der Waals surface area contributed by atoms with E-state index in [9.17, 15) is 9.59 Å². The lowest BCUT2D eigenvalue weighted by Gasteiger charge is -2.37. The highest BCUT2D eigenvalue weighted by Crippen LogP contribution is 2.65. The summed E-state index contributed by atoms with van der Waals surface area (Å²) >= 11 is 12.4. The monoisotopic (exact) mass is 496 g/mol. The molecule has 2 bridgehead atoms. The van der Waals surface area contributed by atoms with E-state index in [2.05, 4.69) is 17.3 Å². The average molecular weight is 497 g/mol. The lowest BCUT2D eigenvalue weighted by molar-refractivity contribution is -0.140. The fourth-order valence-corrected chi connectivity index (χ4v) is 6.27. The van der Waals surface area contributed by atoms with E-state index in [1.807, 2.05) is 12.1 Å². The highest BCUT2D eigenvalue weighted by molar-refractivity contribution is 6.32. The lowest BCUT2D eigenvalue weighted by atomic mass is 9.63. The molecule has 4 aliphatic carbocycles. The van der Waals surface area contributed by atoms with Gasteiger partial charge in [0.05, 0.1) is 30.2 Å². The first-order chi connectivity index (χ1) is 16.5. The summed E-state index contributed by atoms with van der Waals surface area (Å²) in [4.78, 5) is 26.2. The van der Waals surface area contributed by atoms with Gasteiger partial charge in [0.15, 0.2) is 11.5 Å². The van der Waals surface area contributed by atoms with Crippen LogP contribution in [0.3, 0.4) is 0 Å². The molecule has 7 rings (SSSR count). The van der Waals surface area contributed by atoms with Gasteiger partial charge in [0, 0.05) is 5.02 Å². The quantitative estimate of drug-likeness (QED) is 0.321. The van der Waals surface area contributed by atoms with E-state index in [0.29, 0.717) is 45.6 Å². The van der Waals surface area contributed by atoms with Gasteiger partial charge in [-0.05, 0) is 65.5 Å². The van der Waals surface area contributed by atoms with E-state index in [0.717, 1.165) is 17.0 Å². The van der Waals surface area contributed by atoms with Gasteiger partial charge in [0.25, 0.3) is 11.8 Å². The second kappa shape index (κ2) is 8.14. The highest BCUT2D eigenvalue weighted by atomic mass is 35.5. The first-order valence-corrected chi connectivity index (χ1v) is 12.1. The number of amides is 2. The predicted molar refractivity (Wildman–Crippen MR) is 128 cm³/mol. The largest absolute Gasteiger partial charge is 0.493 e. The van der Waals surface area contributed by atoms with Crippen LogP contribution in [0.25, 0.3) is 0 Å². The topological polar surface area (TPSA) is 68.2 Å². The standard InChI is InChI=1S/C26H22Cl2N2O4/c1-33-21-9-14(8-20(28)24(21)34-12-13-2-4-15(27)5-3-13)11-29-30-25(31)22-16-6-7-17(19-10-18(16)19)23(22)26(30)32/h2-9,11,16-19,22-23H,10,12H2,1H3/b29-11-/t16-,17-,18-,19-,22-,23+/m0/s1. The zero-order chi connectivity index (χ0) is 23.6. The van der Waals surface area contributed by atoms with Crippen LogP contribution in [-0.4, -0.2) is 30.1 Å². The number of rotatable bonds is 6. The molecule has 0 unspecified atom stereocenters. The Morgan fingerprint density at radius 1 is 1.03 bits per heavy atom. The Hall–Kier alpha value is -2.83. The summed E-state index contributed by atoms with van der Waals surface area (Å²) in [6.45, 7) is 0.290. The van der Waals surface area contributed by atoms with Crippen LogP contribution in [0.1, 0.15) is 17.5 Å². The molecule has 2 aromatic carbocycles. The summed E-state index contributed by atoms with van der Waals surface area (Å²) in [6, 6.07) is 10.7. The van der Waals surface area contributed by atoms with Gasteiger partial charge >= 0.3 is 0 Å². The zero-order valence-corrected chi connectivity index (χ0v) is 19.9. The molecule has 3 fully saturated rings. The molecule has 174 valence electrons. The number of halogens is 2. The van der Waals surface area contributed by atoms with Crippen molar-refractivity contribution in [3.8, 4) is 11.5 Å². The van der Waals surface area contributed by atoms with Crippen LogP contribution >= 0.6 is 23.2 Å². The molecule has 0 N–H and O–H groups in total. The van der Waals surface area contributed by atoms with Crippen LogP contribution in [0.2, 0.25) is 10.0 Å². The molecule has 8 heteroatoms. The lowest BCUT2D eigenvalue weighted by Crippen LogP contribution is -2.40. The van der Waals surface area contributed by atoms with Crippen molar-refractivity contribution in [2.75, 3.05) is 7.11 Å². The minimum atomic E-state index is -0.273. The minimum Gasteiger partial charge on any atom is -0.493 e. The summed E-state index contributed by atoms with van der Waals surface area (Å²) in [5.41, 5.74) is 1.53. The second-order valence-electron chi connectivity index (χ2n) is 9.34. The Morgan fingerprint density at radius 3 is 2.29 bits per heavy atom. The smallest absolute Gasteiger partial charge is 0.254 e. The molecule has 2 amide bonds. The van der Waals surface area contributed by atoms with Crippen molar-refractivity contribution in [2.24, 2.45) is 40.6 Å². The molecule has 0 spiro atoms. The molecule has 5 aliphatic rings. The maximum atomic E-state index is 13.1. The summed E-state index contributed by atoms with van der Waals surface area (Å²) < 4.78 is 11.4. The molecule has 1 aliphatic heterocycles. The number of ether oxygens (including phenoxy) is 2. The van der Waals surface area contributed by atoms with Gasteiger partial charge in [-0.2, -0.15) is 10.1 Å². The Balaban J connectivity index is 1.20. The molecule has 1 heterocycles. The number of hydrogen-bond acceptors (Lipinski definition) is 5. The van der Waals surface area contributed by atoms with Gasteiger partial charge in [0.2, 0.25) is 0 Å². The van der Waals surface area contributed by atoms with Crippen LogP contribution < -0.4 is 9.47 Å². The van der Waals surface area contributed by atoms with Gasteiger partial charge in [0.1, 0.15) is 6.61 Å². The predicted octanol–water partition coefficient (Wildman–Crippen LogP) is 4.97. The number of imide groups is 1. The molecule has 6 nitrogen and oxygen atoms in total. The van der Waals surface area contributed by atoms with Crippen LogP contribution in [0.15, 0.2) is 53.7 Å². The van der Waals surface area contributed by atoms with Gasteiger partial charge in [-0.25, -0.2) is 0 Å². The minimum absolute atomic E-state index is 0.170. The van der Waals surface area contributed by atoms with E-state index in [4.69, 9.17) is 32.7 Å². The van der Waals surface area contributed by atoms with Crippen LogP contribution in [0.5, 0.6) is 11.5 Å². The first kappa shape index (κ1) is 21.7. The number of carbonyl (C=O) groups is 2. The SMILES string of the molecule is COc1cc(/C=N\N2C(=O)[C@@H]3[C@H]4C=C[C@@H]([C@@H]5C[C@@H]45)[C@@H]3C2=O)cc(Cl)c1OCc1ccc(Cl)cc1. The molecular weight excluding hydrogens is 475 g/mol. The highest BCUT2D eigenvalue weighted by Gasteiger charge is 2.67. The van der Waals surface area contributed by atoms with E-state index >= 15 is 0 Å². The number of benzene rings is 2. The molecule has 2 aromatic rings. The van der Waals surface area contributed by atoms with Gasteiger partial charge in [-0.3, -0.25) is 9.59 Å². The van der Waals surface area contributed by atoms with E-state index in [1.54, 1.807) is 24.3 Å². The number of hydrazone groups is 1. The third-order valence-electron chi connectivity index (χ3n) is 7.51. The van der Waals surface area contributed by atoms with Crippen LogP contribution in [-0.2, 0) is 16.2 Å². The van der Waals surface area contributed by atoms with E-state index in [1.165, 1.54) is 13.3 Å². The van der Waals surface area contributed by atoms with Crippen molar-refractivity contribution in [3.63, 3.8) is 0 Å². The fraction of sp³-hybridized carbons (Fsp3) is 0.346. The van der Waals surface area contributed by atoms with Crippen molar-refractivity contribution in [2.45, 2.75) is 13.0 Å². The van der Waals surface area contributed by atoms with Crippen molar-refractivity contribution in [1.29, 1.82) is 0 Å². The van der Waals surface area contributed by atoms with Crippen molar-refractivity contribution >= 4 is 41.2 Å². The summed E-state index contributed by atoms with van der Waals surface area (Å²) in [6.07, 6.45) is 6.89. The number of allylic oxidation sites excluding steroid dienone is 2.